The molecule has 2 saturated heterocycles. The van der Waals surface area contributed by atoms with Crippen molar-refractivity contribution in [3.63, 3.8) is 0 Å². The van der Waals surface area contributed by atoms with Crippen LogP contribution in [0.25, 0.3) is 0 Å². The highest BCUT2D eigenvalue weighted by Gasteiger charge is 2.22. The molecule has 0 radical (unpaired) electrons. The Hall–Kier alpha value is -1.63. The van der Waals surface area contributed by atoms with Gasteiger partial charge in [-0.3, -0.25) is 9.89 Å². The molecular formula is C22H37N5O. The summed E-state index contributed by atoms with van der Waals surface area (Å²) in [4.78, 5) is 9.89. The molecule has 156 valence electrons. The Morgan fingerprint density at radius 3 is 2.68 bits per heavy atom. The van der Waals surface area contributed by atoms with Gasteiger partial charge in [0, 0.05) is 52.4 Å². The number of rotatable bonds is 9. The van der Waals surface area contributed by atoms with Crippen molar-refractivity contribution in [2.45, 2.75) is 19.8 Å². The van der Waals surface area contributed by atoms with E-state index in [0.29, 0.717) is 5.92 Å². The van der Waals surface area contributed by atoms with Gasteiger partial charge in [0.25, 0.3) is 0 Å². The summed E-state index contributed by atoms with van der Waals surface area (Å²) in [5, 5.41) is 6.88. The molecule has 2 aliphatic rings. The third-order valence-electron chi connectivity index (χ3n) is 5.61. The van der Waals surface area contributed by atoms with E-state index >= 15 is 0 Å². The number of ether oxygens (including phenoxy) is 1. The Balaban J connectivity index is 1.35. The molecule has 0 aromatic heterocycles. The molecular weight excluding hydrogens is 350 g/mol. The van der Waals surface area contributed by atoms with E-state index in [1.54, 1.807) is 0 Å². The number of morpholine rings is 1. The highest BCUT2D eigenvalue weighted by Crippen LogP contribution is 2.17. The van der Waals surface area contributed by atoms with E-state index in [1.807, 2.05) is 0 Å². The molecule has 28 heavy (non-hydrogen) atoms. The number of hydrogen-bond donors (Lipinski definition) is 2. The third-order valence-corrected chi connectivity index (χ3v) is 5.61. The van der Waals surface area contributed by atoms with Gasteiger partial charge in [-0.05, 0) is 37.8 Å². The number of aliphatic imine (C=N–C) groups is 1. The predicted molar refractivity (Wildman–Crippen MR) is 116 cm³/mol. The van der Waals surface area contributed by atoms with Gasteiger partial charge in [-0.2, -0.15) is 0 Å². The second-order valence-electron chi connectivity index (χ2n) is 7.79. The molecule has 0 aliphatic carbocycles. The first-order valence-corrected chi connectivity index (χ1v) is 10.9. The number of benzene rings is 1. The van der Waals surface area contributed by atoms with Crippen LogP contribution in [0.15, 0.2) is 35.3 Å². The first-order chi connectivity index (χ1) is 13.8. The molecule has 6 heteroatoms. The lowest BCUT2D eigenvalue weighted by Crippen LogP contribution is -2.44. The van der Waals surface area contributed by atoms with Crippen LogP contribution in [-0.2, 0) is 11.2 Å². The first kappa shape index (κ1) is 21.1. The summed E-state index contributed by atoms with van der Waals surface area (Å²) in [6.45, 7) is 13.2. The minimum absolute atomic E-state index is 0.672. The molecule has 0 amide bonds. The fourth-order valence-corrected chi connectivity index (χ4v) is 3.92. The standard InChI is InChI=1S/C22H37N5O/c1-2-23-22(24-10-13-26-14-16-28-17-15-26)25-18-21-9-12-27(19-21)11-8-20-6-4-3-5-7-20/h3-7,21H,2,8-19H2,1H3,(H2,23,24,25). The molecule has 2 aliphatic heterocycles. The lowest BCUT2D eigenvalue weighted by molar-refractivity contribution is 0.0389. The molecule has 2 fully saturated rings. The Kier molecular flexibility index (Phi) is 9.07. The molecule has 1 aromatic carbocycles. The lowest BCUT2D eigenvalue weighted by Gasteiger charge is -2.26. The second kappa shape index (κ2) is 12.0. The Morgan fingerprint density at radius 1 is 1.07 bits per heavy atom. The van der Waals surface area contributed by atoms with E-state index in [0.717, 1.165) is 71.4 Å². The molecule has 0 bridgehead atoms. The summed E-state index contributed by atoms with van der Waals surface area (Å²) in [6.07, 6.45) is 2.40. The zero-order valence-corrected chi connectivity index (χ0v) is 17.4. The van der Waals surface area contributed by atoms with Crippen LogP contribution in [0, 0.1) is 5.92 Å². The van der Waals surface area contributed by atoms with Crippen molar-refractivity contribution in [3.05, 3.63) is 35.9 Å². The Morgan fingerprint density at radius 2 is 1.89 bits per heavy atom. The average molecular weight is 388 g/mol. The highest BCUT2D eigenvalue weighted by atomic mass is 16.5. The van der Waals surface area contributed by atoms with Crippen LogP contribution in [0.4, 0.5) is 0 Å². The normalized spacial score (nSPS) is 21.8. The van der Waals surface area contributed by atoms with Crippen LogP contribution >= 0.6 is 0 Å². The van der Waals surface area contributed by atoms with E-state index in [2.05, 4.69) is 57.7 Å². The molecule has 2 N–H and O–H groups in total. The Bertz CT molecular complexity index is 574. The summed E-state index contributed by atoms with van der Waals surface area (Å²) in [6, 6.07) is 10.8. The maximum absolute atomic E-state index is 5.41. The van der Waals surface area contributed by atoms with Crippen LogP contribution in [-0.4, -0.2) is 87.9 Å². The van der Waals surface area contributed by atoms with Gasteiger partial charge >= 0.3 is 0 Å². The van der Waals surface area contributed by atoms with E-state index in [1.165, 1.54) is 25.1 Å². The van der Waals surface area contributed by atoms with Crippen molar-refractivity contribution in [3.8, 4) is 0 Å². The summed E-state index contributed by atoms with van der Waals surface area (Å²) >= 11 is 0. The maximum atomic E-state index is 5.41. The van der Waals surface area contributed by atoms with E-state index in [4.69, 9.17) is 9.73 Å². The fourth-order valence-electron chi connectivity index (χ4n) is 3.92. The second-order valence-corrected chi connectivity index (χ2v) is 7.79. The SMILES string of the molecule is CCNC(=NCC1CCN(CCc2ccccc2)C1)NCCN1CCOCC1. The van der Waals surface area contributed by atoms with Gasteiger partial charge in [0.1, 0.15) is 0 Å². The van der Waals surface area contributed by atoms with Crippen LogP contribution in [0.1, 0.15) is 18.9 Å². The summed E-state index contributed by atoms with van der Waals surface area (Å²) in [7, 11) is 0. The highest BCUT2D eigenvalue weighted by molar-refractivity contribution is 5.79. The van der Waals surface area contributed by atoms with Crippen LogP contribution < -0.4 is 10.6 Å². The van der Waals surface area contributed by atoms with Crippen LogP contribution in [0.5, 0.6) is 0 Å². The van der Waals surface area contributed by atoms with E-state index < -0.39 is 0 Å². The van der Waals surface area contributed by atoms with E-state index in [9.17, 15) is 0 Å². The maximum Gasteiger partial charge on any atom is 0.191 e. The summed E-state index contributed by atoms with van der Waals surface area (Å²) in [5.41, 5.74) is 1.43. The van der Waals surface area contributed by atoms with Gasteiger partial charge in [0.05, 0.1) is 13.2 Å². The van der Waals surface area contributed by atoms with Crippen molar-refractivity contribution >= 4 is 5.96 Å². The largest absolute Gasteiger partial charge is 0.379 e. The minimum atomic E-state index is 0.672. The van der Waals surface area contributed by atoms with Gasteiger partial charge in [0.15, 0.2) is 5.96 Å². The van der Waals surface area contributed by atoms with Gasteiger partial charge in [-0.15, -0.1) is 0 Å². The van der Waals surface area contributed by atoms with Gasteiger partial charge in [-0.25, -0.2) is 0 Å². The number of likely N-dealkylation sites (tertiary alicyclic amines) is 1. The molecule has 0 spiro atoms. The van der Waals surface area contributed by atoms with Crippen LogP contribution in [0.3, 0.4) is 0 Å². The van der Waals surface area contributed by atoms with Crippen molar-refractivity contribution in [2.24, 2.45) is 10.9 Å². The van der Waals surface area contributed by atoms with Gasteiger partial charge in [-0.1, -0.05) is 30.3 Å². The molecule has 3 rings (SSSR count). The smallest absolute Gasteiger partial charge is 0.191 e. The van der Waals surface area contributed by atoms with E-state index in [-0.39, 0.29) is 0 Å². The zero-order valence-electron chi connectivity index (χ0n) is 17.4. The quantitative estimate of drug-likeness (QED) is 0.496. The number of guanidine groups is 1. The molecule has 1 aromatic rings. The Labute approximate surface area is 170 Å². The van der Waals surface area contributed by atoms with Crippen molar-refractivity contribution < 1.29 is 4.74 Å². The molecule has 1 atom stereocenters. The monoisotopic (exact) mass is 387 g/mol. The molecule has 0 saturated carbocycles. The van der Waals surface area contributed by atoms with Crippen molar-refractivity contribution in [1.82, 2.24) is 20.4 Å². The summed E-state index contributed by atoms with van der Waals surface area (Å²) < 4.78 is 5.41. The predicted octanol–water partition coefficient (Wildman–Crippen LogP) is 1.44. The zero-order chi connectivity index (χ0) is 19.4. The summed E-state index contributed by atoms with van der Waals surface area (Å²) in [5.74, 6) is 1.63. The minimum Gasteiger partial charge on any atom is -0.379 e. The van der Waals surface area contributed by atoms with Gasteiger partial charge in [0.2, 0.25) is 0 Å². The molecule has 1 unspecified atom stereocenters. The molecule has 2 heterocycles. The lowest BCUT2D eigenvalue weighted by atomic mass is 10.1. The first-order valence-electron chi connectivity index (χ1n) is 10.9. The average Bonchev–Trinajstić information content (AvgIpc) is 3.20. The molecule has 6 nitrogen and oxygen atoms in total. The third kappa shape index (κ3) is 7.41. The number of nitrogens with one attached hydrogen (secondary N) is 2. The fraction of sp³-hybridized carbons (Fsp3) is 0.682. The number of nitrogens with zero attached hydrogens (tertiary/aromatic N) is 3. The van der Waals surface area contributed by atoms with Gasteiger partial charge < -0.3 is 20.3 Å². The number of hydrogen-bond acceptors (Lipinski definition) is 4. The topological polar surface area (TPSA) is 52.1 Å². The van der Waals surface area contributed by atoms with Crippen molar-refractivity contribution in [1.29, 1.82) is 0 Å². The van der Waals surface area contributed by atoms with Crippen molar-refractivity contribution in [2.75, 3.05) is 72.1 Å². The van der Waals surface area contributed by atoms with Crippen LogP contribution in [0.2, 0.25) is 0 Å².